The van der Waals surface area contributed by atoms with Gasteiger partial charge in [-0.3, -0.25) is 13.7 Å². The van der Waals surface area contributed by atoms with E-state index in [0.29, 0.717) is 52.8 Å². The number of hydrogen-bond donors (Lipinski definition) is 0. The fourth-order valence-corrected chi connectivity index (χ4v) is 22.0. The van der Waals surface area contributed by atoms with Crippen molar-refractivity contribution >= 4 is 131 Å². The topological polar surface area (TPSA) is 146 Å². The number of rotatable bonds is 18. The molecule has 726 valence electrons. The summed E-state index contributed by atoms with van der Waals surface area (Å²) in [6.07, 6.45) is 6.79. The molecule has 150 heavy (non-hydrogen) atoms. The molecule has 0 aliphatic carbocycles. The highest BCUT2D eigenvalue weighted by molar-refractivity contribution is 6.29. The summed E-state index contributed by atoms with van der Waals surface area (Å²) in [7, 11) is 0. The van der Waals surface area contributed by atoms with E-state index in [9.17, 15) is 0 Å². The second-order valence-electron chi connectivity index (χ2n) is 41.5. The van der Waals surface area contributed by atoms with E-state index < -0.39 is 0 Å². The Labute approximate surface area is 870 Å². The molecular formula is C135H111N15. The van der Waals surface area contributed by atoms with E-state index in [2.05, 4.69) is 382 Å². The van der Waals surface area contributed by atoms with Crippen molar-refractivity contribution < 1.29 is 0 Å². The number of aromatic nitrogens is 15. The van der Waals surface area contributed by atoms with Crippen molar-refractivity contribution in [1.29, 1.82) is 0 Å². The Bertz CT molecular complexity index is 9670. The molecular weight excluding hydrogens is 1830 g/mol. The number of para-hydroxylation sites is 3. The van der Waals surface area contributed by atoms with Crippen LogP contribution in [0.2, 0.25) is 0 Å². The van der Waals surface area contributed by atoms with Gasteiger partial charge in [-0.25, -0.2) is 15.0 Å². The van der Waals surface area contributed by atoms with Crippen molar-refractivity contribution in [3.8, 4) is 103 Å². The Morgan fingerprint density at radius 1 is 0.200 bits per heavy atom. The first-order valence-corrected chi connectivity index (χ1v) is 52.3. The lowest BCUT2D eigenvalue weighted by atomic mass is 9.86. The number of aryl methyl sites for hydroxylation is 4. The summed E-state index contributed by atoms with van der Waals surface area (Å²) in [5.41, 5.74) is 30.4. The Balaban J connectivity index is 0.000000117. The Kier molecular flexibility index (Phi) is 23.7. The van der Waals surface area contributed by atoms with Crippen LogP contribution in [0.25, 0.3) is 234 Å². The largest absolute Gasteiger partial charge is 0.309 e. The third-order valence-corrected chi connectivity index (χ3v) is 29.5. The highest BCUT2D eigenvalue weighted by Crippen LogP contribution is 2.49. The average molecular weight is 1940 g/mol. The summed E-state index contributed by atoms with van der Waals surface area (Å²) in [5, 5.41) is 14.6. The van der Waals surface area contributed by atoms with Gasteiger partial charge >= 0.3 is 0 Å². The number of nitrogens with zero attached hydrogens (tertiary/aromatic N) is 15. The standard InChI is InChI=1S/2C47H41N5.C41H29N5/c1-46(2,3)32-22-25-38-36(28-32)35-24-27-40-41(42(35)51(38)34-20-14-9-15-21-34)37-29-33(47(4,5)6)23-26-39(37)52(40)45-49-43(30-16-10-7-11-17-30)48-44(50-45)31-18-12-8-13-19-31;1-3-5-16-32-24-27-40-38(30-32)37-26-29-42-43(44(37)51(40)36-22-14-9-15-23-36)39-31-33(17-6-4-2)25-28-41(39)52(42)47-49-45(34-18-10-7-11-19-34)48-46(50-47)35-20-12-8-13-21-35;1-26-18-21-34-32(24-26)31-20-23-36-37(38(31)45(34)30-16-10-5-11-17-30)33-25-27(2)19-22-35(33)46(36)41-43-39(28-12-6-3-7-13-28)42-40(44-41)29-14-8-4-9-15-29/h7-29H,1-6H3;7-15,18-31H,3-6,16-17H2,1-2H3;3-25H,1-2H3. The van der Waals surface area contributed by atoms with Crippen molar-refractivity contribution in [3.63, 3.8) is 0 Å². The van der Waals surface area contributed by atoms with Gasteiger partial charge in [-0.15, -0.1) is 0 Å². The molecule has 0 bridgehead atoms. The van der Waals surface area contributed by atoms with E-state index in [1.54, 1.807) is 0 Å². The first-order chi connectivity index (χ1) is 73.4. The third kappa shape index (κ3) is 16.7. The van der Waals surface area contributed by atoms with Gasteiger partial charge in [-0.2, -0.15) is 29.9 Å². The van der Waals surface area contributed by atoms with Crippen molar-refractivity contribution in [2.24, 2.45) is 0 Å². The zero-order valence-electron chi connectivity index (χ0n) is 85.8. The maximum absolute atomic E-state index is 5.22. The molecule has 0 saturated heterocycles. The quantitative estimate of drug-likeness (QED) is 0.0819. The summed E-state index contributed by atoms with van der Waals surface area (Å²) in [6, 6.07) is 148. The molecule has 0 saturated carbocycles. The lowest BCUT2D eigenvalue weighted by Crippen LogP contribution is -2.10. The molecule has 0 radical (unpaired) electrons. The van der Waals surface area contributed by atoms with E-state index in [1.165, 1.54) is 144 Å². The molecule has 9 heterocycles. The van der Waals surface area contributed by atoms with Gasteiger partial charge in [0, 0.05) is 115 Å². The highest BCUT2D eigenvalue weighted by atomic mass is 15.2. The minimum absolute atomic E-state index is 0.0166. The van der Waals surface area contributed by atoms with E-state index in [0.717, 1.165) is 109 Å². The van der Waals surface area contributed by atoms with Crippen LogP contribution in [0, 0.1) is 13.8 Å². The second-order valence-corrected chi connectivity index (χ2v) is 41.5. The van der Waals surface area contributed by atoms with Crippen LogP contribution in [0.3, 0.4) is 0 Å². The molecule has 9 aromatic heterocycles. The molecule has 0 aliphatic heterocycles. The van der Waals surface area contributed by atoms with Crippen LogP contribution in [0.1, 0.15) is 114 Å². The Hall–Kier alpha value is -18.2. The summed E-state index contributed by atoms with van der Waals surface area (Å²) in [4.78, 5) is 46.2. The van der Waals surface area contributed by atoms with Crippen LogP contribution < -0.4 is 0 Å². The lowest BCUT2D eigenvalue weighted by Gasteiger charge is -2.19. The molecule has 0 spiro atoms. The summed E-state index contributed by atoms with van der Waals surface area (Å²) < 4.78 is 14.0. The van der Waals surface area contributed by atoms with Crippen LogP contribution in [0.15, 0.2) is 419 Å². The molecule has 0 atom stereocenters. The predicted molar refractivity (Wildman–Crippen MR) is 622 cm³/mol. The zero-order valence-corrected chi connectivity index (χ0v) is 85.8. The third-order valence-electron chi connectivity index (χ3n) is 29.5. The van der Waals surface area contributed by atoms with Crippen LogP contribution in [0.5, 0.6) is 0 Å². The van der Waals surface area contributed by atoms with E-state index in [1.807, 2.05) is 133 Å². The minimum atomic E-state index is -0.0433. The van der Waals surface area contributed by atoms with Crippen LogP contribution in [-0.4, -0.2) is 72.3 Å². The fourth-order valence-electron chi connectivity index (χ4n) is 22.0. The first-order valence-electron chi connectivity index (χ1n) is 52.3. The summed E-state index contributed by atoms with van der Waals surface area (Å²) >= 11 is 0. The smallest absolute Gasteiger partial charge is 0.238 e. The van der Waals surface area contributed by atoms with Gasteiger partial charge in [0.2, 0.25) is 17.8 Å². The molecule has 27 rings (SSSR count). The monoisotopic (exact) mass is 1940 g/mol. The van der Waals surface area contributed by atoms with Gasteiger partial charge in [0.05, 0.1) is 66.2 Å². The molecule has 0 fully saturated rings. The molecule has 0 aliphatic rings. The molecule has 18 aromatic carbocycles. The fraction of sp³-hybridized carbons (Fsp3) is 0.133. The van der Waals surface area contributed by atoms with Crippen molar-refractivity contribution in [2.45, 2.75) is 119 Å². The Morgan fingerprint density at radius 2 is 0.427 bits per heavy atom. The van der Waals surface area contributed by atoms with E-state index >= 15 is 0 Å². The van der Waals surface area contributed by atoms with Crippen LogP contribution >= 0.6 is 0 Å². The number of hydrogen-bond acceptors (Lipinski definition) is 9. The average Bonchev–Trinajstić information content (AvgIpc) is 1.54. The Morgan fingerprint density at radius 3 is 0.720 bits per heavy atom. The predicted octanol–water partition coefficient (Wildman–Crippen LogP) is 34.1. The van der Waals surface area contributed by atoms with Crippen molar-refractivity contribution in [3.05, 3.63) is 452 Å². The van der Waals surface area contributed by atoms with Gasteiger partial charge in [0.25, 0.3) is 0 Å². The molecule has 0 N–H and O–H groups in total. The van der Waals surface area contributed by atoms with E-state index in [4.69, 9.17) is 44.9 Å². The van der Waals surface area contributed by atoms with Gasteiger partial charge in [-0.05, 0) is 200 Å². The maximum atomic E-state index is 5.22. The van der Waals surface area contributed by atoms with Crippen molar-refractivity contribution in [1.82, 2.24) is 72.3 Å². The molecule has 15 heteroatoms. The second kappa shape index (κ2) is 38.3. The van der Waals surface area contributed by atoms with E-state index in [-0.39, 0.29) is 10.8 Å². The van der Waals surface area contributed by atoms with Gasteiger partial charge in [0.15, 0.2) is 34.9 Å². The van der Waals surface area contributed by atoms with Gasteiger partial charge in [0.1, 0.15) is 0 Å². The SMILES string of the molecule is CC(C)(C)c1ccc2c(c1)c1c(ccc3c4cc(C(C)(C)C)ccc4n(-c4ccccc4)c31)n2-c1nc(-c2ccccc2)nc(-c2ccccc2)n1.CCCCc1ccc2c(c1)c1c(ccc3c4cc(CCCC)ccc4n(-c4ccccc4)c31)n2-c1nc(-c2ccccc2)nc(-c2ccccc2)n1.Cc1ccc2c(c1)c1c(ccc3c4cc(C)ccc4n(-c4ccccc4)c31)n2-c1nc(-c2ccccc2)nc(-c2ccccc2)n1. The molecule has 27 aromatic rings. The minimum Gasteiger partial charge on any atom is -0.309 e. The number of unbranched alkanes of at least 4 members (excludes halogenated alkanes) is 2. The summed E-state index contributed by atoms with van der Waals surface area (Å²) in [5.74, 6) is 5.65. The lowest BCUT2D eigenvalue weighted by molar-refractivity contribution is 0.591. The van der Waals surface area contributed by atoms with Gasteiger partial charge < -0.3 is 13.7 Å². The summed E-state index contributed by atoms with van der Waals surface area (Å²) in [6.45, 7) is 22.5. The molecule has 15 nitrogen and oxygen atoms in total. The molecule has 0 amide bonds. The van der Waals surface area contributed by atoms with Crippen LogP contribution in [0.4, 0.5) is 0 Å². The maximum Gasteiger partial charge on any atom is 0.238 e. The zero-order chi connectivity index (χ0) is 102. The number of fused-ring (bicyclic) bond motifs is 21. The number of benzene rings is 18. The molecule has 0 unspecified atom stereocenters. The van der Waals surface area contributed by atoms with Crippen molar-refractivity contribution in [2.75, 3.05) is 0 Å². The highest BCUT2D eigenvalue weighted by Gasteiger charge is 2.31. The van der Waals surface area contributed by atoms with Gasteiger partial charge in [-0.1, -0.05) is 371 Å². The first kappa shape index (κ1) is 92.9. The normalized spacial score (nSPS) is 12.0. The van der Waals surface area contributed by atoms with Crippen LogP contribution in [-0.2, 0) is 23.7 Å².